The fourth-order valence-corrected chi connectivity index (χ4v) is 12.2. The van der Waals surface area contributed by atoms with Crippen LogP contribution < -0.4 is 9.80 Å². The number of hydrogen-bond acceptors (Lipinski definition) is 5. The van der Waals surface area contributed by atoms with Gasteiger partial charge in [-0.2, -0.15) is 0 Å². The first-order valence-electron chi connectivity index (χ1n) is 22.3. The number of furan rings is 1. The number of benzene rings is 10. The molecule has 3 nitrogen and oxygen atoms in total. The molecular weight excluding hydrogens is 841 g/mol. The molecule has 0 spiro atoms. The second kappa shape index (κ2) is 15.6. The van der Waals surface area contributed by atoms with Crippen LogP contribution in [0.2, 0.25) is 0 Å². The smallest absolute Gasteiger partial charge is 0.143 e. The van der Waals surface area contributed by atoms with E-state index in [4.69, 9.17) is 4.42 Å². The fraction of sp³-hybridized carbons (Fsp3) is 0.0164. The van der Waals surface area contributed by atoms with Gasteiger partial charge in [-0.1, -0.05) is 115 Å². The SMILES string of the molecule is Cc1cccc2oc3c(-c4ccc5sc6ccc(-c7cc(N(c8ccccc8)c8ccccc8)cc8c7sc7ccccc78)cc6c5c4)cc(N(c4ccccc4)c4ccccc4)cc3c12. The van der Waals surface area contributed by atoms with Crippen LogP contribution in [-0.4, -0.2) is 0 Å². The number of anilines is 6. The number of nitrogens with zero attached hydrogens (tertiary/aromatic N) is 2. The normalized spacial score (nSPS) is 11.7. The molecule has 312 valence electrons. The second-order valence-electron chi connectivity index (χ2n) is 16.9. The van der Waals surface area contributed by atoms with Gasteiger partial charge in [-0.3, -0.25) is 0 Å². The van der Waals surface area contributed by atoms with Crippen LogP contribution >= 0.6 is 22.7 Å². The van der Waals surface area contributed by atoms with Crippen molar-refractivity contribution in [2.45, 2.75) is 6.92 Å². The molecule has 0 aliphatic heterocycles. The Labute approximate surface area is 390 Å². The monoisotopic (exact) mass is 880 g/mol. The number of fused-ring (bicyclic) bond motifs is 9. The molecular formula is C61H40N2OS2. The summed E-state index contributed by atoms with van der Waals surface area (Å²) in [6.45, 7) is 2.18. The molecule has 0 aliphatic rings. The zero-order valence-electron chi connectivity index (χ0n) is 36.0. The summed E-state index contributed by atoms with van der Waals surface area (Å²) >= 11 is 3.73. The van der Waals surface area contributed by atoms with Crippen LogP contribution in [0.1, 0.15) is 5.56 Å². The molecule has 13 rings (SSSR count). The van der Waals surface area contributed by atoms with E-state index in [9.17, 15) is 0 Å². The Hall–Kier alpha value is -7.96. The van der Waals surface area contributed by atoms with E-state index in [0.29, 0.717) is 0 Å². The molecule has 0 saturated carbocycles. The van der Waals surface area contributed by atoms with Crippen LogP contribution in [-0.2, 0) is 0 Å². The molecule has 0 amide bonds. The molecule has 5 heteroatoms. The van der Waals surface area contributed by atoms with Crippen LogP contribution in [0.4, 0.5) is 34.1 Å². The third kappa shape index (κ3) is 6.39. The van der Waals surface area contributed by atoms with Crippen LogP contribution in [0.5, 0.6) is 0 Å². The molecule has 0 radical (unpaired) electrons. The molecule has 0 aliphatic carbocycles. The summed E-state index contributed by atoms with van der Waals surface area (Å²) in [5.74, 6) is 0. The topological polar surface area (TPSA) is 19.6 Å². The molecule has 0 N–H and O–H groups in total. The van der Waals surface area contributed by atoms with Gasteiger partial charge >= 0.3 is 0 Å². The van der Waals surface area contributed by atoms with E-state index in [2.05, 4.69) is 241 Å². The van der Waals surface area contributed by atoms with Crippen molar-refractivity contribution in [3.8, 4) is 22.3 Å². The van der Waals surface area contributed by atoms with Crippen molar-refractivity contribution in [2.75, 3.05) is 9.80 Å². The van der Waals surface area contributed by atoms with Crippen molar-refractivity contribution in [1.82, 2.24) is 0 Å². The summed E-state index contributed by atoms with van der Waals surface area (Å²) in [4.78, 5) is 4.73. The van der Waals surface area contributed by atoms with Crippen molar-refractivity contribution >= 4 is 119 Å². The Kier molecular flexibility index (Phi) is 9.12. The van der Waals surface area contributed by atoms with Crippen molar-refractivity contribution in [3.05, 3.63) is 230 Å². The zero-order chi connectivity index (χ0) is 43.7. The quantitative estimate of drug-likeness (QED) is 0.152. The van der Waals surface area contributed by atoms with Crippen molar-refractivity contribution in [3.63, 3.8) is 0 Å². The summed E-state index contributed by atoms with van der Waals surface area (Å²) in [6.07, 6.45) is 0. The van der Waals surface area contributed by atoms with Gasteiger partial charge in [-0.25, -0.2) is 0 Å². The molecule has 13 aromatic rings. The van der Waals surface area contributed by atoms with Crippen molar-refractivity contribution in [1.29, 1.82) is 0 Å². The molecule has 0 bridgehead atoms. The average molecular weight is 881 g/mol. The van der Waals surface area contributed by atoms with Gasteiger partial charge in [0.15, 0.2) is 0 Å². The molecule has 10 aromatic carbocycles. The summed E-state index contributed by atoms with van der Waals surface area (Å²) in [5, 5.41) is 7.29. The average Bonchev–Trinajstić information content (AvgIpc) is 4.07. The van der Waals surface area contributed by atoms with E-state index >= 15 is 0 Å². The van der Waals surface area contributed by atoms with E-state index in [1.165, 1.54) is 57.0 Å². The van der Waals surface area contributed by atoms with Crippen LogP contribution in [0.25, 0.3) is 84.5 Å². The van der Waals surface area contributed by atoms with Crippen molar-refractivity contribution in [2.24, 2.45) is 0 Å². The number of aryl methyl sites for hydroxylation is 1. The van der Waals surface area contributed by atoms with Gasteiger partial charge in [-0.05, 0) is 133 Å². The summed E-state index contributed by atoms with van der Waals surface area (Å²) in [6, 6.07) is 81.4. The Balaban J connectivity index is 1.03. The van der Waals surface area contributed by atoms with E-state index < -0.39 is 0 Å². The van der Waals surface area contributed by atoms with E-state index in [1.807, 2.05) is 22.7 Å². The van der Waals surface area contributed by atoms with Crippen LogP contribution in [0, 0.1) is 6.92 Å². The van der Waals surface area contributed by atoms with Crippen LogP contribution in [0.15, 0.2) is 229 Å². The minimum Gasteiger partial charge on any atom is -0.455 e. The maximum atomic E-state index is 6.86. The first kappa shape index (κ1) is 38.5. The van der Waals surface area contributed by atoms with Gasteiger partial charge in [0, 0.05) is 96.4 Å². The molecule has 3 aromatic heterocycles. The lowest BCUT2D eigenvalue weighted by molar-refractivity contribution is 0.670. The lowest BCUT2D eigenvalue weighted by Crippen LogP contribution is -2.09. The highest BCUT2D eigenvalue weighted by Gasteiger charge is 2.22. The lowest BCUT2D eigenvalue weighted by Gasteiger charge is -2.26. The van der Waals surface area contributed by atoms with Gasteiger partial charge in [0.1, 0.15) is 11.2 Å². The number of rotatable bonds is 8. The molecule has 66 heavy (non-hydrogen) atoms. The van der Waals surface area contributed by atoms with Gasteiger partial charge in [0.2, 0.25) is 0 Å². The molecule has 0 saturated heterocycles. The first-order valence-corrected chi connectivity index (χ1v) is 23.9. The van der Waals surface area contributed by atoms with Gasteiger partial charge in [0.05, 0.1) is 0 Å². The van der Waals surface area contributed by atoms with Gasteiger partial charge in [-0.15, -0.1) is 22.7 Å². The minimum absolute atomic E-state index is 0.897. The Morgan fingerprint density at radius 3 is 1.41 bits per heavy atom. The van der Waals surface area contributed by atoms with E-state index in [-0.39, 0.29) is 0 Å². The Bertz CT molecular complexity index is 3870. The minimum atomic E-state index is 0.897. The Morgan fingerprint density at radius 1 is 0.348 bits per heavy atom. The van der Waals surface area contributed by atoms with E-state index in [0.717, 1.165) is 67.2 Å². The molecule has 0 fully saturated rings. The third-order valence-corrected chi connectivity index (χ3v) is 15.3. The highest BCUT2D eigenvalue weighted by Crippen LogP contribution is 2.49. The number of para-hydroxylation sites is 4. The third-order valence-electron chi connectivity index (χ3n) is 12.9. The highest BCUT2D eigenvalue weighted by molar-refractivity contribution is 7.26. The lowest BCUT2D eigenvalue weighted by atomic mass is 9.96. The maximum absolute atomic E-state index is 6.86. The largest absolute Gasteiger partial charge is 0.455 e. The Morgan fingerprint density at radius 2 is 0.833 bits per heavy atom. The molecule has 0 unspecified atom stereocenters. The summed E-state index contributed by atoms with van der Waals surface area (Å²) < 4.78 is 12.0. The van der Waals surface area contributed by atoms with E-state index in [1.54, 1.807) is 0 Å². The summed E-state index contributed by atoms with van der Waals surface area (Å²) in [7, 11) is 0. The predicted molar refractivity (Wildman–Crippen MR) is 284 cm³/mol. The van der Waals surface area contributed by atoms with Gasteiger partial charge in [0.25, 0.3) is 0 Å². The maximum Gasteiger partial charge on any atom is 0.143 e. The number of thiophene rings is 2. The first-order chi connectivity index (χ1) is 32.6. The predicted octanol–water partition coefficient (Wildman–Crippen LogP) is 18.9. The van der Waals surface area contributed by atoms with Gasteiger partial charge < -0.3 is 14.2 Å². The number of hydrogen-bond donors (Lipinski definition) is 0. The standard InChI is InChI=1S/C61H40N2OS2/c1-39-17-16-27-55-59(39)54-38-46(62(42-18-6-2-7-19-42)43-20-8-3-9-21-43)35-49(60(54)64-55)40-29-31-57-51(33-40)52-34-41(30-32-58(52)65-57)50-36-47(37-53-48-26-14-15-28-56(48)66-61(50)53)63(44-22-10-4-11-23-44)45-24-12-5-13-25-45/h2-38H,1H3. The van der Waals surface area contributed by atoms with Crippen molar-refractivity contribution < 1.29 is 4.42 Å². The second-order valence-corrected chi connectivity index (χ2v) is 19.1. The molecule has 3 heterocycles. The zero-order valence-corrected chi connectivity index (χ0v) is 37.6. The molecule has 0 atom stereocenters. The highest BCUT2D eigenvalue weighted by atomic mass is 32.1. The summed E-state index contributed by atoms with van der Waals surface area (Å²) in [5.41, 5.74) is 14.2. The fourth-order valence-electron chi connectivity index (χ4n) is 9.90. The van der Waals surface area contributed by atoms with Crippen LogP contribution in [0.3, 0.4) is 0 Å².